The van der Waals surface area contributed by atoms with Crippen LogP contribution in [0.5, 0.6) is 0 Å². The highest BCUT2D eigenvalue weighted by atomic mass is 16.2. The standard InChI is InChI=1S/C24H34N4O3/c1-3-4-13-26(2)21(29)19-10-14-27(15-11-19)17-28-22(30)24(25-23(28)31)12-9-18-7-5-6-8-20(18)16-24/h5-8,19H,3-4,9-17H2,1-2H3,(H,25,31). The largest absolute Gasteiger partial charge is 0.346 e. The zero-order valence-electron chi connectivity index (χ0n) is 18.7. The first-order chi connectivity index (χ1) is 14.9. The number of imide groups is 1. The van der Waals surface area contributed by atoms with E-state index < -0.39 is 5.54 Å². The second kappa shape index (κ2) is 8.99. The minimum atomic E-state index is -0.804. The summed E-state index contributed by atoms with van der Waals surface area (Å²) in [4.78, 5) is 44.0. The second-order valence-electron chi connectivity index (χ2n) is 9.34. The average molecular weight is 427 g/mol. The van der Waals surface area contributed by atoms with Crippen LogP contribution in [0, 0.1) is 5.92 Å². The van der Waals surface area contributed by atoms with Crippen LogP contribution in [-0.2, 0) is 22.4 Å². The number of piperidine rings is 1. The Kier molecular flexibility index (Phi) is 6.32. The van der Waals surface area contributed by atoms with Gasteiger partial charge in [0.1, 0.15) is 5.54 Å². The van der Waals surface area contributed by atoms with E-state index in [-0.39, 0.29) is 23.8 Å². The van der Waals surface area contributed by atoms with Crippen molar-refractivity contribution < 1.29 is 14.4 Å². The molecule has 2 heterocycles. The Morgan fingerprint density at radius 2 is 1.90 bits per heavy atom. The summed E-state index contributed by atoms with van der Waals surface area (Å²) in [6.45, 7) is 4.70. The maximum absolute atomic E-state index is 13.3. The third-order valence-corrected chi connectivity index (χ3v) is 7.18. The van der Waals surface area contributed by atoms with Gasteiger partial charge < -0.3 is 10.2 Å². The molecule has 2 fully saturated rings. The van der Waals surface area contributed by atoms with E-state index in [1.54, 1.807) is 0 Å². The van der Waals surface area contributed by atoms with Gasteiger partial charge in [0.05, 0.1) is 6.67 Å². The van der Waals surface area contributed by atoms with Crippen LogP contribution in [0.3, 0.4) is 0 Å². The van der Waals surface area contributed by atoms with Gasteiger partial charge in [0.2, 0.25) is 5.91 Å². The van der Waals surface area contributed by atoms with Crippen LogP contribution in [0.15, 0.2) is 24.3 Å². The van der Waals surface area contributed by atoms with E-state index in [0.717, 1.165) is 57.3 Å². The molecule has 1 atom stereocenters. The van der Waals surface area contributed by atoms with Gasteiger partial charge in [-0.1, -0.05) is 37.6 Å². The highest BCUT2D eigenvalue weighted by molar-refractivity contribution is 6.07. The maximum atomic E-state index is 13.3. The molecule has 3 aliphatic rings. The van der Waals surface area contributed by atoms with Crippen LogP contribution in [0.1, 0.15) is 50.2 Å². The van der Waals surface area contributed by atoms with Gasteiger partial charge in [-0.2, -0.15) is 0 Å². The Labute approximate surface area is 184 Å². The number of aryl methyl sites for hydroxylation is 1. The predicted molar refractivity (Wildman–Crippen MR) is 118 cm³/mol. The maximum Gasteiger partial charge on any atom is 0.326 e. The van der Waals surface area contributed by atoms with Crippen LogP contribution in [0.2, 0.25) is 0 Å². The number of nitrogens with one attached hydrogen (secondary N) is 1. The Balaban J connectivity index is 1.33. The highest BCUT2D eigenvalue weighted by Crippen LogP contribution is 2.34. The number of carbonyl (C=O) groups excluding carboxylic acids is 3. The van der Waals surface area contributed by atoms with E-state index in [2.05, 4.69) is 29.3 Å². The molecule has 31 heavy (non-hydrogen) atoms. The Morgan fingerprint density at radius 1 is 1.19 bits per heavy atom. The molecule has 1 spiro atoms. The first kappa shape index (κ1) is 21.8. The van der Waals surface area contributed by atoms with Gasteiger partial charge in [0.25, 0.3) is 5.91 Å². The molecule has 0 bridgehead atoms. The van der Waals surface area contributed by atoms with Crippen molar-refractivity contribution in [2.45, 2.75) is 57.4 Å². The lowest BCUT2D eigenvalue weighted by molar-refractivity contribution is -0.137. The van der Waals surface area contributed by atoms with Crippen LogP contribution in [-0.4, -0.2) is 71.4 Å². The lowest BCUT2D eigenvalue weighted by atomic mass is 9.78. The van der Waals surface area contributed by atoms with E-state index in [1.165, 1.54) is 10.5 Å². The monoisotopic (exact) mass is 426 g/mol. The Morgan fingerprint density at radius 3 is 2.61 bits per heavy atom. The number of benzene rings is 1. The summed E-state index contributed by atoms with van der Waals surface area (Å²) in [6.07, 6.45) is 5.66. The average Bonchev–Trinajstić information content (AvgIpc) is 3.01. The number of rotatable bonds is 6. The zero-order chi connectivity index (χ0) is 22.0. The van der Waals surface area contributed by atoms with Crippen molar-refractivity contribution in [3.05, 3.63) is 35.4 Å². The van der Waals surface area contributed by atoms with Crippen molar-refractivity contribution in [2.24, 2.45) is 5.92 Å². The minimum Gasteiger partial charge on any atom is -0.346 e. The first-order valence-electron chi connectivity index (χ1n) is 11.6. The summed E-state index contributed by atoms with van der Waals surface area (Å²) in [5, 5.41) is 3.01. The fourth-order valence-corrected chi connectivity index (χ4v) is 5.17. The molecule has 0 aromatic heterocycles. The third kappa shape index (κ3) is 4.33. The van der Waals surface area contributed by atoms with Crippen molar-refractivity contribution in [1.82, 2.24) is 20.0 Å². The lowest BCUT2D eigenvalue weighted by Crippen LogP contribution is -2.52. The minimum absolute atomic E-state index is 0.0439. The molecule has 2 aliphatic heterocycles. The van der Waals surface area contributed by atoms with Crippen molar-refractivity contribution in [2.75, 3.05) is 33.4 Å². The summed E-state index contributed by atoms with van der Waals surface area (Å²) >= 11 is 0. The molecule has 1 unspecified atom stereocenters. The number of hydrogen-bond acceptors (Lipinski definition) is 4. The normalized spacial score (nSPS) is 24.4. The quantitative estimate of drug-likeness (QED) is 0.709. The van der Waals surface area contributed by atoms with Crippen LogP contribution < -0.4 is 5.32 Å². The van der Waals surface area contributed by atoms with Gasteiger partial charge in [-0.25, -0.2) is 9.69 Å². The fraction of sp³-hybridized carbons (Fsp3) is 0.625. The van der Waals surface area contributed by atoms with Gasteiger partial charge >= 0.3 is 6.03 Å². The molecular formula is C24H34N4O3. The molecule has 4 rings (SSSR count). The van der Waals surface area contributed by atoms with Gasteiger partial charge in [0, 0.05) is 39.0 Å². The molecule has 1 aromatic rings. The predicted octanol–water partition coefficient (Wildman–Crippen LogP) is 2.39. The summed E-state index contributed by atoms with van der Waals surface area (Å²) < 4.78 is 0. The first-order valence-corrected chi connectivity index (χ1v) is 11.6. The van der Waals surface area contributed by atoms with Crippen LogP contribution in [0.4, 0.5) is 4.79 Å². The van der Waals surface area contributed by atoms with Gasteiger partial charge in [-0.05, 0) is 43.2 Å². The highest BCUT2D eigenvalue weighted by Gasteiger charge is 2.52. The van der Waals surface area contributed by atoms with E-state index in [1.807, 2.05) is 24.1 Å². The van der Waals surface area contributed by atoms with Crippen molar-refractivity contribution in [3.8, 4) is 0 Å². The molecule has 1 aromatic carbocycles. The molecular weight excluding hydrogens is 392 g/mol. The number of carbonyl (C=O) groups is 3. The Bertz CT molecular complexity index is 849. The molecule has 1 aliphatic carbocycles. The molecule has 2 saturated heterocycles. The lowest BCUT2D eigenvalue weighted by Gasteiger charge is -2.35. The SMILES string of the molecule is CCCCN(C)C(=O)C1CCN(CN2C(=O)NC3(CCc4ccccc4C3)C2=O)CC1. The summed E-state index contributed by atoms with van der Waals surface area (Å²) in [6, 6.07) is 7.88. The molecule has 7 nitrogen and oxygen atoms in total. The molecule has 1 N–H and O–H groups in total. The molecule has 0 radical (unpaired) electrons. The fourth-order valence-electron chi connectivity index (χ4n) is 5.17. The number of hydrogen-bond donors (Lipinski definition) is 1. The smallest absolute Gasteiger partial charge is 0.326 e. The number of fused-ring (bicyclic) bond motifs is 1. The second-order valence-corrected chi connectivity index (χ2v) is 9.34. The van der Waals surface area contributed by atoms with E-state index in [4.69, 9.17) is 0 Å². The summed E-state index contributed by atoms with van der Waals surface area (Å²) in [7, 11) is 1.89. The van der Waals surface area contributed by atoms with Crippen LogP contribution in [0.25, 0.3) is 0 Å². The number of likely N-dealkylation sites (tertiary alicyclic amines) is 1. The van der Waals surface area contributed by atoms with E-state index in [9.17, 15) is 14.4 Å². The summed E-state index contributed by atoms with van der Waals surface area (Å²) in [5.41, 5.74) is 1.61. The molecule has 0 saturated carbocycles. The van der Waals surface area contributed by atoms with E-state index in [0.29, 0.717) is 19.5 Å². The van der Waals surface area contributed by atoms with Gasteiger partial charge in [-0.3, -0.25) is 14.5 Å². The van der Waals surface area contributed by atoms with E-state index >= 15 is 0 Å². The Hall–Kier alpha value is -2.41. The molecule has 7 heteroatoms. The van der Waals surface area contributed by atoms with Crippen molar-refractivity contribution in [3.63, 3.8) is 0 Å². The third-order valence-electron chi connectivity index (χ3n) is 7.18. The van der Waals surface area contributed by atoms with Crippen molar-refractivity contribution >= 4 is 17.8 Å². The van der Waals surface area contributed by atoms with Crippen molar-refractivity contribution in [1.29, 1.82) is 0 Å². The van der Waals surface area contributed by atoms with Gasteiger partial charge in [0.15, 0.2) is 0 Å². The summed E-state index contributed by atoms with van der Waals surface area (Å²) in [5.74, 6) is 0.162. The number of urea groups is 1. The molecule has 4 amide bonds. The zero-order valence-corrected chi connectivity index (χ0v) is 18.7. The van der Waals surface area contributed by atoms with Crippen LogP contribution >= 0.6 is 0 Å². The number of nitrogens with zero attached hydrogens (tertiary/aromatic N) is 3. The molecule has 168 valence electrons. The number of unbranched alkanes of at least 4 members (excludes halogenated alkanes) is 1. The number of amides is 4. The van der Waals surface area contributed by atoms with Gasteiger partial charge in [-0.15, -0.1) is 0 Å². The topological polar surface area (TPSA) is 73.0 Å².